The molecule has 0 aliphatic heterocycles. The lowest BCUT2D eigenvalue weighted by Crippen LogP contribution is -2.29. The number of carbonyl (C=O) groups is 1. The lowest BCUT2D eigenvalue weighted by atomic mass is 10.1. The molecule has 1 aromatic heterocycles. The van der Waals surface area contributed by atoms with Gasteiger partial charge in [0.1, 0.15) is 0 Å². The van der Waals surface area contributed by atoms with Crippen LogP contribution in [-0.4, -0.2) is 17.4 Å². The van der Waals surface area contributed by atoms with Gasteiger partial charge in [0, 0.05) is 12.2 Å². The fraction of sp³-hybridized carbons (Fsp3) is 0.538. The van der Waals surface area contributed by atoms with E-state index in [0.717, 1.165) is 12.2 Å². The molecule has 1 aliphatic carbocycles. The lowest BCUT2D eigenvalue weighted by molar-refractivity contribution is -0.120. The predicted molar refractivity (Wildman–Crippen MR) is 67.3 cm³/mol. The quantitative estimate of drug-likeness (QED) is 0.828. The molecule has 1 amide bonds. The molecule has 1 fully saturated rings. The third-order valence-corrected chi connectivity index (χ3v) is 3.25. The SMILES string of the molecule is Nc1ccc(CC(=O)NCC2CCCC2)nc1. The number of hydrogen-bond acceptors (Lipinski definition) is 3. The van der Waals surface area contributed by atoms with Crippen molar-refractivity contribution in [2.75, 3.05) is 12.3 Å². The Kier molecular flexibility index (Phi) is 3.96. The summed E-state index contributed by atoms with van der Waals surface area (Å²) in [4.78, 5) is 15.8. The van der Waals surface area contributed by atoms with Gasteiger partial charge in [-0.05, 0) is 30.9 Å². The third kappa shape index (κ3) is 3.73. The average Bonchev–Trinajstić information content (AvgIpc) is 2.83. The molecule has 0 atom stereocenters. The van der Waals surface area contributed by atoms with Gasteiger partial charge in [0.15, 0.2) is 0 Å². The number of pyridine rings is 1. The number of hydrogen-bond donors (Lipinski definition) is 2. The second-order valence-corrected chi connectivity index (χ2v) is 4.71. The maximum atomic E-state index is 11.7. The van der Waals surface area contributed by atoms with Crippen LogP contribution in [0.4, 0.5) is 5.69 Å². The number of aromatic nitrogens is 1. The van der Waals surface area contributed by atoms with Gasteiger partial charge in [-0.25, -0.2) is 0 Å². The van der Waals surface area contributed by atoms with Gasteiger partial charge >= 0.3 is 0 Å². The molecule has 1 aliphatic rings. The van der Waals surface area contributed by atoms with E-state index in [4.69, 9.17) is 5.73 Å². The maximum absolute atomic E-state index is 11.7. The van der Waals surface area contributed by atoms with E-state index in [1.807, 2.05) is 0 Å². The summed E-state index contributed by atoms with van der Waals surface area (Å²) in [5, 5.41) is 2.98. The molecule has 17 heavy (non-hydrogen) atoms. The van der Waals surface area contributed by atoms with Crippen molar-refractivity contribution >= 4 is 11.6 Å². The average molecular weight is 233 g/mol. The summed E-state index contributed by atoms with van der Waals surface area (Å²) in [6.07, 6.45) is 7.04. The van der Waals surface area contributed by atoms with Gasteiger partial charge in [-0.15, -0.1) is 0 Å². The largest absolute Gasteiger partial charge is 0.397 e. The Hall–Kier alpha value is -1.58. The van der Waals surface area contributed by atoms with E-state index in [1.54, 1.807) is 18.3 Å². The van der Waals surface area contributed by atoms with Crippen LogP contribution in [0.2, 0.25) is 0 Å². The van der Waals surface area contributed by atoms with Crippen LogP contribution in [0.25, 0.3) is 0 Å². The normalized spacial score (nSPS) is 16.0. The molecule has 0 radical (unpaired) electrons. The highest BCUT2D eigenvalue weighted by molar-refractivity contribution is 5.78. The third-order valence-electron chi connectivity index (χ3n) is 3.25. The van der Waals surface area contributed by atoms with Crippen LogP contribution in [0.15, 0.2) is 18.3 Å². The Morgan fingerprint density at radius 3 is 2.82 bits per heavy atom. The molecule has 1 saturated carbocycles. The lowest BCUT2D eigenvalue weighted by Gasteiger charge is -2.10. The van der Waals surface area contributed by atoms with E-state index < -0.39 is 0 Å². The highest BCUT2D eigenvalue weighted by Gasteiger charge is 2.15. The Balaban J connectivity index is 1.74. The molecule has 4 nitrogen and oxygen atoms in total. The first-order chi connectivity index (χ1) is 8.24. The summed E-state index contributed by atoms with van der Waals surface area (Å²) >= 11 is 0. The maximum Gasteiger partial charge on any atom is 0.226 e. The first-order valence-electron chi connectivity index (χ1n) is 6.21. The van der Waals surface area contributed by atoms with E-state index in [-0.39, 0.29) is 5.91 Å². The molecular formula is C13H19N3O. The second kappa shape index (κ2) is 5.66. The molecule has 3 N–H and O–H groups in total. The van der Waals surface area contributed by atoms with Gasteiger partial charge in [-0.3, -0.25) is 9.78 Å². The minimum Gasteiger partial charge on any atom is -0.397 e. The molecule has 4 heteroatoms. The summed E-state index contributed by atoms with van der Waals surface area (Å²) < 4.78 is 0. The molecule has 0 spiro atoms. The molecule has 0 aromatic carbocycles. The monoisotopic (exact) mass is 233 g/mol. The zero-order valence-electron chi connectivity index (χ0n) is 9.98. The van der Waals surface area contributed by atoms with Crippen molar-refractivity contribution in [3.05, 3.63) is 24.0 Å². The first kappa shape index (κ1) is 11.9. The smallest absolute Gasteiger partial charge is 0.226 e. The zero-order chi connectivity index (χ0) is 12.1. The summed E-state index contributed by atoms with van der Waals surface area (Å²) in [5.74, 6) is 0.729. The van der Waals surface area contributed by atoms with Crippen molar-refractivity contribution in [2.24, 2.45) is 5.92 Å². The Morgan fingerprint density at radius 2 is 2.18 bits per heavy atom. The Bertz CT molecular complexity index is 369. The van der Waals surface area contributed by atoms with Crippen LogP contribution >= 0.6 is 0 Å². The number of nitrogens with one attached hydrogen (secondary N) is 1. The fourth-order valence-electron chi connectivity index (χ4n) is 2.24. The molecule has 0 saturated heterocycles. The summed E-state index contributed by atoms with van der Waals surface area (Å²) in [7, 11) is 0. The van der Waals surface area contributed by atoms with Gasteiger partial charge < -0.3 is 11.1 Å². The van der Waals surface area contributed by atoms with Crippen LogP contribution in [0.3, 0.4) is 0 Å². The fourth-order valence-corrected chi connectivity index (χ4v) is 2.24. The number of rotatable bonds is 4. The van der Waals surface area contributed by atoms with Gasteiger partial charge in [-0.2, -0.15) is 0 Å². The zero-order valence-corrected chi connectivity index (χ0v) is 9.98. The van der Waals surface area contributed by atoms with E-state index in [9.17, 15) is 4.79 Å². The van der Waals surface area contributed by atoms with E-state index in [2.05, 4.69) is 10.3 Å². The Morgan fingerprint density at radius 1 is 1.41 bits per heavy atom. The van der Waals surface area contributed by atoms with Gasteiger partial charge in [0.2, 0.25) is 5.91 Å². The number of amides is 1. The molecule has 2 rings (SSSR count). The molecular weight excluding hydrogens is 214 g/mol. The summed E-state index contributed by atoms with van der Waals surface area (Å²) in [6.45, 7) is 0.813. The minimum absolute atomic E-state index is 0.0502. The summed E-state index contributed by atoms with van der Waals surface area (Å²) in [5.41, 5.74) is 6.93. The van der Waals surface area contributed by atoms with E-state index in [0.29, 0.717) is 18.0 Å². The Labute approximate surface area is 102 Å². The predicted octanol–water partition coefficient (Wildman–Crippen LogP) is 1.51. The number of nitrogens with zero attached hydrogens (tertiary/aromatic N) is 1. The van der Waals surface area contributed by atoms with Crippen LogP contribution in [0.1, 0.15) is 31.4 Å². The van der Waals surface area contributed by atoms with Crippen LogP contribution in [0.5, 0.6) is 0 Å². The van der Waals surface area contributed by atoms with Crippen LogP contribution in [0, 0.1) is 5.92 Å². The minimum atomic E-state index is 0.0502. The first-order valence-corrected chi connectivity index (χ1v) is 6.21. The standard InChI is InChI=1S/C13H19N3O/c14-11-5-6-12(15-9-11)7-13(17)16-8-10-3-1-2-4-10/h5-6,9-10H,1-4,7-8,14H2,(H,16,17). The highest BCUT2D eigenvalue weighted by atomic mass is 16.1. The van der Waals surface area contributed by atoms with Crippen molar-refractivity contribution in [3.8, 4) is 0 Å². The number of nitrogens with two attached hydrogens (primary N) is 1. The summed E-state index contributed by atoms with van der Waals surface area (Å²) in [6, 6.07) is 3.57. The molecule has 0 bridgehead atoms. The van der Waals surface area contributed by atoms with E-state index >= 15 is 0 Å². The molecule has 0 unspecified atom stereocenters. The highest BCUT2D eigenvalue weighted by Crippen LogP contribution is 2.23. The van der Waals surface area contributed by atoms with Gasteiger partial charge in [0.25, 0.3) is 0 Å². The molecule has 1 aromatic rings. The molecule has 1 heterocycles. The topological polar surface area (TPSA) is 68.0 Å². The number of anilines is 1. The number of carbonyl (C=O) groups excluding carboxylic acids is 1. The van der Waals surface area contributed by atoms with E-state index in [1.165, 1.54) is 25.7 Å². The van der Waals surface area contributed by atoms with Gasteiger partial charge in [-0.1, -0.05) is 12.8 Å². The molecule has 92 valence electrons. The second-order valence-electron chi connectivity index (χ2n) is 4.71. The van der Waals surface area contributed by atoms with Crippen molar-refractivity contribution < 1.29 is 4.79 Å². The van der Waals surface area contributed by atoms with Crippen molar-refractivity contribution in [1.82, 2.24) is 10.3 Å². The van der Waals surface area contributed by atoms with Gasteiger partial charge in [0.05, 0.1) is 18.3 Å². The van der Waals surface area contributed by atoms with Crippen LogP contribution < -0.4 is 11.1 Å². The van der Waals surface area contributed by atoms with Crippen molar-refractivity contribution in [1.29, 1.82) is 0 Å². The van der Waals surface area contributed by atoms with Crippen LogP contribution in [-0.2, 0) is 11.2 Å². The number of nitrogen functional groups attached to an aromatic ring is 1. The van der Waals surface area contributed by atoms with Crippen molar-refractivity contribution in [2.45, 2.75) is 32.1 Å². The van der Waals surface area contributed by atoms with Crippen molar-refractivity contribution in [3.63, 3.8) is 0 Å².